The van der Waals surface area contributed by atoms with E-state index in [1.807, 2.05) is 0 Å². The molecule has 1 N–H and O–H groups in total. The van der Waals surface area contributed by atoms with Crippen molar-refractivity contribution in [2.45, 2.75) is 13.3 Å². The molecule has 0 bridgehead atoms. The molecule has 2 rings (SSSR count). The van der Waals surface area contributed by atoms with Crippen LogP contribution >= 0.6 is 23.2 Å². The topological polar surface area (TPSA) is 49.4 Å². The van der Waals surface area contributed by atoms with Gasteiger partial charge in [-0.1, -0.05) is 11.6 Å². The first-order valence-electron chi connectivity index (χ1n) is 5.94. The van der Waals surface area contributed by atoms with Crippen LogP contribution in [-0.4, -0.2) is 24.2 Å². The lowest BCUT2D eigenvalue weighted by atomic mass is 10.1. The number of carbonyl (C=O) groups excluding carboxylic acids is 2. The minimum Gasteiger partial charge on any atom is -0.325 e. The van der Waals surface area contributed by atoms with Crippen molar-refractivity contribution in [2.75, 3.05) is 22.6 Å². The standard InChI is InChI=1S/C13H14Cl2N2O2/c1-8(18)16-11-3-2-10(15)5-12(11)17-7-9(6-14)4-13(17)19/h2-3,5,9H,4,6-7H2,1H3,(H,16,18). The molecule has 0 spiro atoms. The lowest BCUT2D eigenvalue weighted by Gasteiger charge is -2.20. The third kappa shape index (κ3) is 3.19. The van der Waals surface area contributed by atoms with Gasteiger partial charge >= 0.3 is 0 Å². The summed E-state index contributed by atoms with van der Waals surface area (Å²) in [5.41, 5.74) is 1.21. The molecule has 6 heteroatoms. The van der Waals surface area contributed by atoms with Gasteiger partial charge in [0.2, 0.25) is 11.8 Å². The molecule has 4 nitrogen and oxygen atoms in total. The van der Waals surface area contributed by atoms with Crippen LogP contribution in [0.1, 0.15) is 13.3 Å². The predicted octanol–water partition coefficient (Wildman–Crippen LogP) is 2.89. The Balaban J connectivity index is 2.35. The quantitative estimate of drug-likeness (QED) is 0.873. The number of carbonyl (C=O) groups is 2. The number of nitrogens with one attached hydrogen (secondary N) is 1. The molecule has 0 aliphatic carbocycles. The van der Waals surface area contributed by atoms with Crippen molar-refractivity contribution in [1.82, 2.24) is 0 Å². The van der Waals surface area contributed by atoms with Gasteiger partial charge in [-0.15, -0.1) is 11.6 Å². The summed E-state index contributed by atoms with van der Waals surface area (Å²) in [6.07, 6.45) is 0.426. The molecule has 1 aliphatic rings. The van der Waals surface area contributed by atoms with Crippen LogP contribution in [0, 0.1) is 5.92 Å². The Bertz CT molecular complexity index is 519. The van der Waals surface area contributed by atoms with Crippen molar-refractivity contribution >= 4 is 46.4 Å². The zero-order valence-electron chi connectivity index (χ0n) is 10.5. The minimum absolute atomic E-state index is 0.000446. The largest absolute Gasteiger partial charge is 0.325 e. The van der Waals surface area contributed by atoms with Crippen molar-refractivity contribution in [3.8, 4) is 0 Å². The lowest BCUT2D eigenvalue weighted by molar-refractivity contribution is -0.117. The first kappa shape index (κ1) is 14.2. The summed E-state index contributed by atoms with van der Waals surface area (Å²) in [4.78, 5) is 24.8. The van der Waals surface area contributed by atoms with E-state index < -0.39 is 0 Å². The van der Waals surface area contributed by atoms with E-state index in [4.69, 9.17) is 23.2 Å². The van der Waals surface area contributed by atoms with Crippen LogP contribution in [0.4, 0.5) is 11.4 Å². The molecule has 1 fully saturated rings. The molecule has 0 radical (unpaired) electrons. The summed E-state index contributed by atoms with van der Waals surface area (Å²) < 4.78 is 0. The van der Waals surface area contributed by atoms with Crippen LogP contribution in [0.5, 0.6) is 0 Å². The highest BCUT2D eigenvalue weighted by Gasteiger charge is 2.31. The number of nitrogens with zero attached hydrogens (tertiary/aromatic N) is 1. The van der Waals surface area contributed by atoms with E-state index in [0.29, 0.717) is 35.2 Å². The molecule has 1 aromatic carbocycles. The molecule has 1 heterocycles. The molecule has 1 aliphatic heterocycles. The SMILES string of the molecule is CC(=O)Nc1ccc(Cl)cc1N1CC(CCl)CC1=O. The number of amides is 2. The van der Waals surface area contributed by atoms with Crippen LogP contribution < -0.4 is 10.2 Å². The average molecular weight is 301 g/mol. The van der Waals surface area contributed by atoms with Gasteiger partial charge in [0.15, 0.2) is 0 Å². The van der Waals surface area contributed by atoms with Crippen LogP contribution in [-0.2, 0) is 9.59 Å². The summed E-state index contributed by atoms with van der Waals surface area (Å²) in [5, 5.41) is 3.23. The summed E-state index contributed by atoms with van der Waals surface area (Å²) >= 11 is 11.8. The fourth-order valence-corrected chi connectivity index (χ4v) is 2.51. The van der Waals surface area contributed by atoms with Crippen molar-refractivity contribution in [3.63, 3.8) is 0 Å². The predicted molar refractivity (Wildman–Crippen MR) is 76.9 cm³/mol. The van der Waals surface area contributed by atoms with Gasteiger partial charge in [-0.3, -0.25) is 9.59 Å². The van der Waals surface area contributed by atoms with Gasteiger partial charge in [0.1, 0.15) is 0 Å². The summed E-state index contributed by atoms with van der Waals surface area (Å²) in [6, 6.07) is 5.05. The highest BCUT2D eigenvalue weighted by Crippen LogP contribution is 2.34. The number of benzene rings is 1. The highest BCUT2D eigenvalue weighted by atomic mass is 35.5. The lowest BCUT2D eigenvalue weighted by Crippen LogP contribution is -2.26. The molecular formula is C13H14Cl2N2O2. The minimum atomic E-state index is -0.191. The Morgan fingerprint density at radius 2 is 2.26 bits per heavy atom. The van der Waals surface area contributed by atoms with Gasteiger partial charge in [0.25, 0.3) is 0 Å². The normalized spacial score (nSPS) is 18.8. The van der Waals surface area contributed by atoms with Gasteiger partial charge in [-0.05, 0) is 24.1 Å². The van der Waals surface area contributed by atoms with E-state index in [2.05, 4.69) is 5.32 Å². The summed E-state index contributed by atoms with van der Waals surface area (Å²) in [5.74, 6) is 0.389. The third-order valence-electron chi connectivity index (χ3n) is 2.98. The maximum Gasteiger partial charge on any atom is 0.227 e. The summed E-state index contributed by atoms with van der Waals surface area (Å²) in [7, 11) is 0. The smallest absolute Gasteiger partial charge is 0.227 e. The second kappa shape index (κ2) is 5.80. The van der Waals surface area contributed by atoms with Gasteiger partial charge in [-0.25, -0.2) is 0 Å². The number of hydrogen-bond donors (Lipinski definition) is 1. The van der Waals surface area contributed by atoms with Crippen LogP contribution in [0.25, 0.3) is 0 Å². The van der Waals surface area contributed by atoms with Gasteiger partial charge in [-0.2, -0.15) is 0 Å². The monoisotopic (exact) mass is 300 g/mol. The van der Waals surface area contributed by atoms with E-state index in [1.165, 1.54) is 6.92 Å². The van der Waals surface area contributed by atoms with Crippen molar-refractivity contribution in [3.05, 3.63) is 23.2 Å². The van der Waals surface area contributed by atoms with Crippen molar-refractivity contribution < 1.29 is 9.59 Å². The molecule has 1 atom stereocenters. The third-order valence-corrected chi connectivity index (χ3v) is 3.66. The molecule has 0 saturated carbocycles. The zero-order chi connectivity index (χ0) is 14.0. The van der Waals surface area contributed by atoms with Crippen LogP contribution in [0.2, 0.25) is 5.02 Å². The number of rotatable bonds is 3. The molecule has 19 heavy (non-hydrogen) atoms. The fourth-order valence-electron chi connectivity index (χ4n) is 2.14. The number of alkyl halides is 1. The number of halogens is 2. The van der Waals surface area contributed by atoms with Gasteiger partial charge < -0.3 is 10.2 Å². The van der Waals surface area contributed by atoms with E-state index >= 15 is 0 Å². The number of hydrogen-bond acceptors (Lipinski definition) is 2. The first-order valence-corrected chi connectivity index (χ1v) is 6.86. The zero-order valence-corrected chi connectivity index (χ0v) is 12.0. The Morgan fingerprint density at radius 1 is 1.53 bits per heavy atom. The van der Waals surface area contributed by atoms with E-state index in [-0.39, 0.29) is 17.7 Å². The van der Waals surface area contributed by atoms with Gasteiger partial charge in [0, 0.05) is 30.8 Å². The number of anilines is 2. The van der Waals surface area contributed by atoms with Crippen molar-refractivity contribution in [1.29, 1.82) is 0 Å². The Labute approximate surface area is 121 Å². The molecular weight excluding hydrogens is 287 g/mol. The van der Waals surface area contributed by atoms with Crippen LogP contribution in [0.15, 0.2) is 18.2 Å². The average Bonchev–Trinajstić information content (AvgIpc) is 2.72. The maximum absolute atomic E-state index is 12.0. The van der Waals surface area contributed by atoms with Crippen molar-refractivity contribution in [2.24, 2.45) is 5.92 Å². The summed E-state index contributed by atoms with van der Waals surface area (Å²) in [6.45, 7) is 1.97. The molecule has 2 amide bonds. The molecule has 102 valence electrons. The van der Waals surface area contributed by atoms with Crippen LogP contribution in [0.3, 0.4) is 0 Å². The fraction of sp³-hybridized carbons (Fsp3) is 0.385. The molecule has 1 aromatic rings. The Morgan fingerprint density at radius 3 is 2.84 bits per heavy atom. The second-order valence-electron chi connectivity index (χ2n) is 4.57. The van der Waals surface area contributed by atoms with E-state index in [9.17, 15) is 9.59 Å². The maximum atomic E-state index is 12.0. The van der Waals surface area contributed by atoms with Gasteiger partial charge in [0.05, 0.1) is 11.4 Å². The first-order chi connectivity index (χ1) is 9.01. The molecule has 0 aromatic heterocycles. The Hall–Kier alpha value is -1.26. The van der Waals surface area contributed by atoms with E-state index in [0.717, 1.165) is 0 Å². The molecule has 1 saturated heterocycles. The Kier molecular flexibility index (Phi) is 4.32. The molecule has 1 unspecified atom stereocenters. The van der Waals surface area contributed by atoms with E-state index in [1.54, 1.807) is 23.1 Å². The second-order valence-corrected chi connectivity index (χ2v) is 5.32. The highest BCUT2D eigenvalue weighted by molar-refractivity contribution is 6.31.